The molecule has 0 saturated carbocycles. The molecule has 0 saturated heterocycles. The minimum Gasteiger partial charge on any atom is -0.496 e. The van der Waals surface area contributed by atoms with Crippen LogP contribution in [-0.2, 0) is 6.54 Å². The quantitative estimate of drug-likeness (QED) is 0.777. The van der Waals surface area contributed by atoms with Gasteiger partial charge in [-0.3, -0.25) is 9.78 Å². The predicted octanol–water partition coefficient (Wildman–Crippen LogP) is 3.32. The second-order valence-electron chi connectivity index (χ2n) is 5.89. The van der Waals surface area contributed by atoms with Crippen LogP contribution in [0.1, 0.15) is 27.4 Å². The van der Waals surface area contributed by atoms with Gasteiger partial charge < -0.3 is 15.0 Å². The maximum Gasteiger partial charge on any atom is 0.251 e. The summed E-state index contributed by atoms with van der Waals surface area (Å²) >= 11 is 0. The first-order valence-electron chi connectivity index (χ1n) is 8.07. The summed E-state index contributed by atoms with van der Waals surface area (Å²) in [5.74, 6) is 0.268. The summed E-state index contributed by atoms with van der Waals surface area (Å²) in [6.45, 7) is 4.48. The summed E-state index contributed by atoms with van der Waals surface area (Å²) in [6, 6.07) is 13.4. The Balaban J connectivity index is 2.22. The van der Waals surface area contributed by atoms with E-state index in [1.807, 2.05) is 56.3 Å². The second kappa shape index (κ2) is 6.81. The molecular formula is C20H21N3O2. The Morgan fingerprint density at radius 3 is 2.48 bits per heavy atom. The van der Waals surface area contributed by atoms with Gasteiger partial charge in [0.1, 0.15) is 5.75 Å². The van der Waals surface area contributed by atoms with Gasteiger partial charge in [0.25, 0.3) is 5.91 Å². The summed E-state index contributed by atoms with van der Waals surface area (Å²) < 4.78 is 7.56. The molecule has 1 amide bonds. The van der Waals surface area contributed by atoms with Crippen molar-refractivity contribution in [3.8, 4) is 16.9 Å². The molecule has 3 rings (SSSR count). The number of pyridine rings is 1. The average molecular weight is 335 g/mol. The number of para-hydroxylation sites is 1. The fraction of sp³-hybridized carbons (Fsp3) is 0.200. The molecule has 0 atom stereocenters. The minimum absolute atomic E-state index is 0.443. The Labute approximate surface area is 147 Å². The summed E-state index contributed by atoms with van der Waals surface area (Å²) in [6.07, 6.45) is 1.76. The van der Waals surface area contributed by atoms with Gasteiger partial charge in [0, 0.05) is 28.7 Å². The molecule has 0 unspecified atom stereocenters. The van der Waals surface area contributed by atoms with E-state index >= 15 is 0 Å². The van der Waals surface area contributed by atoms with E-state index < -0.39 is 5.91 Å². The predicted molar refractivity (Wildman–Crippen MR) is 97.8 cm³/mol. The summed E-state index contributed by atoms with van der Waals surface area (Å²) in [5, 5.41) is 0. The zero-order valence-electron chi connectivity index (χ0n) is 14.6. The van der Waals surface area contributed by atoms with Crippen molar-refractivity contribution < 1.29 is 9.53 Å². The first-order chi connectivity index (χ1) is 12.0. The monoisotopic (exact) mass is 335 g/mol. The van der Waals surface area contributed by atoms with Gasteiger partial charge in [-0.05, 0) is 32.0 Å². The molecule has 25 heavy (non-hydrogen) atoms. The molecule has 0 aliphatic carbocycles. The Kier molecular flexibility index (Phi) is 4.57. The number of primary amides is 1. The maximum atomic E-state index is 12.2. The highest BCUT2D eigenvalue weighted by Gasteiger charge is 2.24. The number of nitrogens with two attached hydrogens (primary N) is 1. The van der Waals surface area contributed by atoms with E-state index in [4.69, 9.17) is 10.5 Å². The van der Waals surface area contributed by atoms with Crippen molar-refractivity contribution in [2.45, 2.75) is 20.4 Å². The highest BCUT2D eigenvalue weighted by Crippen LogP contribution is 2.37. The van der Waals surface area contributed by atoms with Crippen molar-refractivity contribution in [1.82, 2.24) is 9.55 Å². The molecule has 0 radical (unpaired) electrons. The van der Waals surface area contributed by atoms with Crippen LogP contribution in [0.5, 0.6) is 5.75 Å². The summed E-state index contributed by atoms with van der Waals surface area (Å²) in [5.41, 5.74) is 10.6. The van der Waals surface area contributed by atoms with E-state index in [0.717, 1.165) is 28.2 Å². The van der Waals surface area contributed by atoms with Crippen LogP contribution < -0.4 is 10.5 Å². The zero-order valence-corrected chi connectivity index (χ0v) is 14.6. The van der Waals surface area contributed by atoms with Crippen LogP contribution in [0.15, 0.2) is 48.7 Å². The fourth-order valence-electron chi connectivity index (χ4n) is 3.26. The third kappa shape index (κ3) is 3.01. The average Bonchev–Trinajstić information content (AvgIpc) is 2.87. The van der Waals surface area contributed by atoms with E-state index in [-0.39, 0.29) is 0 Å². The maximum absolute atomic E-state index is 12.2. The van der Waals surface area contributed by atoms with Crippen molar-refractivity contribution in [3.63, 3.8) is 0 Å². The van der Waals surface area contributed by atoms with Gasteiger partial charge in [0.15, 0.2) is 0 Å². The molecule has 2 aromatic heterocycles. The van der Waals surface area contributed by atoms with E-state index in [1.165, 1.54) is 0 Å². The van der Waals surface area contributed by atoms with E-state index in [1.54, 1.807) is 13.3 Å². The van der Waals surface area contributed by atoms with Gasteiger partial charge in [-0.15, -0.1) is 0 Å². The van der Waals surface area contributed by atoms with Crippen molar-refractivity contribution in [2.24, 2.45) is 5.73 Å². The highest BCUT2D eigenvalue weighted by molar-refractivity contribution is 6.02. The van der Waals surface area contributed by atoms with Crippen LogP contribution in [0.4, 0.5) is 0 Å². The van der Waals surface area contributed by atoms with Gasteiger partial charge in [-0.2, -0.15) is 0 Å². The smallest absolute Gasteiger partial charge is 0.251 e. The molecule has 0 fully saturated rings. The van der Waals surface area contributed by atoms with Gasteiger partial charge in [0.2, 0.25) is 0 Å². The first-order valence-corrected chi connectivity index (χ1v) is 8.07. The number of hydrogen-bond donors (Lipinski definition) is 1. The standard InChI is InChI=1S/C20H21N3O2/c1-13-18(16-9-4-5-10-17(16)25-3)19(20(21)24)14(2)23(13)12-15-8-6-7-11-22-15/h4-11H,12H2,1-3H3,(H2,21,24). The largest absolute Gasteiger partial charge is 0.496 e. The van der Waals surface area contributed by atoms with Gasteiger partial charge in [-0.1, -0.05) is 24.3 Å². The second-order valence-corrected chi connectivity index (χ2v) is 5.89. The number of amides is 1. The highest BCUT2D eigenvalue weighted by atomic mass is 16.5. The van der Waals surface area contributed by atoms with Crippen molar-refractivity contribution in [2.75, 3.05) is 7.11 Å². The van der Waals surface area contributed by atoms with Crippen LogP contribution in [0.25, 0.3) is 11.1 Å². The topological polar surface area (TPSA) is 70.1 Å². The number of methoxy groups -OCH3 is 1. The van der Waals surface area contributed by atoms with E-state index in [0.29, 0.717) is 17.9 Å². The molecule has 0 spiro atoms. The number of carbonyl (C=O) groups excluding carboxylic acids is 1. The third-order valence-electron chi connectivity index (χ3n) is 4.45. The number of ether oxygens (including phenoxy) is 1. The van der Waals surface area contributed by atoms with Crippen LogP contribution in [0, 0.1) is 13.8 Å². The Bertz CT molecular complexity index is 914. The van der Waals surface area contributed by atoms with Crippen molar-refractivity contribution in [3.05, 3.63) is 71.3 Å². The first kappa shape index (κ1) is 16.8. The molecule has 1 aromatic carbocycles. The van der Waals surface area contributed by atoms with Crippen LogP contribution in [0.3, 0.4) is 0 Å². The van der Waals surface area contributed by atoms with Gasteiger partial charge in [-0.25, -0.2) is 0 Å². The number of aromatic nitrogens is 2. The Morgan fingerprint density at radius 2 is 1.84 bits per heavy atom. The lowest BCUT2D eigenvalue weighted by Gasteiger charge is -2.11. The number of rotatable bonds is 5. The zero-order chi connectivity index (χ0) is 18.0. The molecule has 2 heterocycles. The van der Waals surface area contributed by atoms with Gasteiger partial charge >= 0.3 is 0 Å². The third-order valence-corrected chi connectivity index (χ3v) is 4.45. The summed E-state index contributed by atoms with van der Waals surface area (Å²) in [7, 11) is 1.62. The molecule has 5 heteroatoms. The molecule has 3 aromatic rings. The Hall–Kier alpha value is -3.08. The van der Waals surface area contributed by atoms with E-state index in [9.17, 15) is 4.79 Å². The lowest BCUT2D eigenvalue weighted by Crippen LogP contribution is -2.14. The van der Waals surface area contributed by atoms with E-state index in [2.05, 4.69) is 9.55 Å². The van der Waals surface area contributed by atoms with Crippen molar-refractivity contribution in [1.29, 1.82) is 0 Å². The molecular weight excluding hydrogens is 314 g/mol. The molecule has 5 nitrogen and oxygen atoms in total. The van der Waals surface area contributed by atoms with Gasteiger partial charge in [0.05, 0.1) is 24.9 Å². The normalized spacial score (nSPS) is 10.7. The molecule has 2 N–H and O–H groups in total. The minimum atomic E-state index is -0.443. The van der Waals surface area contributed by atoms with Crippen molar-refractivity contribution >= 4 is 5.91 Å². The molecule has 0 aliphatic rings. The molecule has 0 bridgehead atoms. The lowest BCUT2D eigenvalue weighted by atomic mass is 9.99. The molecule has 0 aliphatic heterocycles. The Morgan fingerprint density at radius 1 is 1.12 bits per heavy atom. The lowest BCUT2D eigenvalue weighted by molar-refractivity contribution is 0.1000. The number of carbonyl (C=O) groups is 1. The fourth-order valence-corrected chi connectivity index (χ4v) is 3.26. The molecule has 128 valence electrons. The van der Waals surface area contributed by atoms with Crippen LogP contribution >= 0.6 is 0 Å². The number of nitrogens with zero attached hydrogens (tertiary/aromatic N) is 2. The SMILES string of the molecule is COc1ccccc1-c1c(C(N)=O)c(C)n(Cc2ccccn2)c1C. The number of benzene rings is 1. The van der Waals surface area contributed by atoms with Crippen LogP contribution in [0.2, 0.25) is 0 Å². The summed E-state index contributed by atoms with van der Waals surface area (Å²) in [4.78, 5) is 16.6. The van der Waals surface area contributed by atoms with Crippen LogP contribution in [-0.4, -0.2) is 22.6 Å². The number of hydrogen-bond acceptors (Lipinski definition) is 3.